The van der Waals surface area contributed by atoms with Gasteiger partial charge in [-0.05, 0) is 56.5 Å². The lowest BCUT2D eigenvalue weighted by molar-refractivity contribution is -0.130. The zero-order valence-electron chi connectivity index (χ0n) is 17.1. The molecule has 1 amide bonds. The van der Waals surface area contributed by atoms with Crippen molar-refractivity contribution in [3.63, 3.8) is 0 Å². The maximum Gasteiger partial charge on any atom is 0.238 e. The normalized spacial score (nSPS) is 20.6. The summed E-state index contributed by atoms with van der Waals surface area (Å²) in [6.45, 7) is 4.41. The molecule has 2 aromatic rings. The molecule has 0 bridgehead atoms. The zero-order chi connectivity index (χ0) is 20.2. The predicted molar refractivity (Wildman–Crippen MR) is 109 cm³/mol. The Hall–Kier alpha value is -2.67. The van der Waals surface area contributed by atoms with Crippen molar-refractivity contribution in [3.8, 4) is 17.4 Å². The Balaban J connectivity index is 1.44. The van der Waals surface area contributed by atoms with Gasteiger partial charge in [0.05, 0.1) is 31.2 Å². The number of likely N-dealkylation sites (tertiary alicyclic amines) is 2. The van der Waals surface area contributed by atoms with Gasteiger partial charge in [0.25, 0.3) is 0 Å². The van der Waals surface area contributed by atoms with Crippen molar-refractivity contribution >= 4 is 5.91 Å². The largest absolute Gasteiger partial charge is 0.497 e. The minimum Gasteiger partial charge on any atom is -0.497 e. The number of carbonyl (C=O) groups excluding carboxylic acids is 1. The van der Waals surface area contributed by atoms with E-state index in [-0.39, 0.29) is 11.9 Å². The number of carbonyl (C=O) groups is 1. The van der Waals surface area contributed by atoms with Gasteiger partial charge in [0.2, 0.25) is 11.8 Å². The molecule has 7 nitrogen and oxygen atoms in total. The van der Waals surface area contributed by atoms with Gasteiger partial charge in [-0.1, -0.05) is 0 Å². The second-order valence-electron chi connectivity index (χ2n) is 7.69. The highest BCUT2D eigenvalue weighted by molar-refractivity contribution is 5.73. The van der Waals surface area contributed by atoms with E-state index >= 15 is 0 Å². The van der Waals surface area contributed by atoms with Crippen molar-refractivity contribution in [1.29, 1.82) is 0 Å². The van der Waals surface area contributed by atoms with Crippen LogP contribution in [-0.4, -0.2) is 58.5 Å². The molecule has 1 atom stereocenters. The van der Waals surface area contributed by atoms with Crippen LogP contribution >= 0.6 is 0 Å². The van der Waals surface area contributed by atoms with Crippen LogP contribution in [0.25, 0.3) is 0 Å². The Labute approximate surface area is 171 Å². The van der Waals surface area contributed by atoms with Gasteiger partial charge in [-0.15, -0.1) is 0 Å². The summed E-state index contributed by atoms with van der Waals surface area (Å²) in [4.78, 5) is 25.3. The van der Waals surface area contributed by atoms with Crippen LogP contribution in [0.1, 0.15) is 44.3 Å². The van der Waals surface area contributed by atoms with Crippen LogP contribution in [0.3, 0.4) is 0 Å². The fourth-order valence-corrected chi connectivity index (χ4v) is 4.39. The first-order chi connectivity index (χ1) is 14.1. The number of hydrogen-bond donors (Lipinski definition) is 0. The number of benzene rings is 1. The van der Waals surface area contributed by atoms with Crippen LogP contribution in [0.5, 0.6) is 17.4 Å². The molecule has 154 valence electrons. The highest BCUT2D eigenvalue weighted by Crippen LogP contribution is 2.36. The minimum atomic E-state index is 0.177. The summed E-state index contributed by atoms with van der Waals surface area (Å²) in [6.07, 6.45) is 7.78. The average molecular weight is 396 g/mol. The van der Waals surface area contributed by atoms with E-state index in [0.717, 1.165) is 56.8 Å². The maximum atomic E-state index is 11.6. The van der Waals surface area contributed by atoms with Crippen molar-refractivity contribution in [2.75, 3.05) is 26.7 Å². The molecule has 0 radical (unpaired) electrons. The quantitative estimate of drug-likeness (QED) is 0.771. The monoisotopic (exact) mass is 396 g/mol. The second-order valence-corrected chi connectivity index (χ2v) is 7.69. The Morgan fingerprint density at radius 2 is 1.76 bits per heavy atom. The topological polar surface area (TPSA) is 67.8 Å². The number of amides is 1. The summed E-state index contributed by atoms with van der Waals surface area (Å²) < 4.78 is 11.1. The smallest absolute Gasteiger partial charge is 0.238 e. The van der Waals surface area contributed by atoms with E-state index < -0.39 is 0 Å². The molecule has 1 aromatic heterocycles. The summed E-state index contributed by atoms with van der Waals surface area (Å²) in [5, 5.41) is 0. The third kappa shape index (κ3) is 4.50. The molecular weight excluding hydrogens is 368 g/mol. The lowest BCUT2D eigenvalue weighted by Crippen LogP contribution is -2.46. The number of piperidine rings is 1. The summed E-state index contributed by atoms with van der Waals surface area (Å²) >= 11 is 0. The van der Waals surface area contributed by atoms with Crippen molar-refractivity contribution in [1.82, 2.24) is 19.8 Å². The fourth-order valence-electron chi connectivity index (χ4n) is 4.39. The maximum absolute atomic E-state index is 11.6. The Morgan fingerprint density at radius 3 is 2.45 bits per heavy atom. The van der Waals surface area contributed by atoms with Crippen LogP contribution < -0.4 is 9.47 Å². The standard InChI is InChI=1S/C22H28N4O3/c1-16(27)25-12-9-17(10-13-25)26-11-3-4-21(26)20-14-23-15-22(24-20)29-19-7-5-18(28-2)6-8-19/h5-8,14-15,17,21H,3-4,9-13H2,1-2H3/t21-/m1/s1. The number of nitrogens with zero attached hydrogens (tertiary/aromatic N) is 4. The molecule has 0 spiro atoms. The molecule has 2 saturated heterocycles. The molecule has 0 unspecified atom stereocenters. The number of methoxy groups -OCH3 is 1. The predicted octanol–water partition coefficient (Wildman–Crippen LogP) is 3.43. The molecule has 0 aliphatic carbocycles. The first kappa shape index (κ1) is 19.6. The molecule has 29 heavy (non-hydrogen) atoms. The van der Waals surface area contributed by atoms with E-state index in [1.807, 2.05) is 35.4 Å². The minimum absolute atomic E-state index is 0.177. The Bertz CT molecular complexity index is 834. The van der Waals surface area contributed by atoms with E-state index in [0.29, 0.717) is 17.7 Å². The zero-order valence-corrected chi connectivity index (χ0v) is 17.1. The number of aromatic nitrogens is 2. The van der Waals surface area contributed by atoms with Crippen molar-refractivity contribution in [3.05, 3.63) is 42.4 Å². The highest BCUT2D eigenvalue weighted by atomic mass is 16.5. The molecule has 0 saturated carbocycles. The molecule has 3 heterocycles. The highest BCUT2D eigenvalue weighted by Gasteiger charge is 2.35. The molecule has 2 fully saturated rings. The van der Waals surface area contributed by atoms with Gasteiger partial charge in [0.15, 0.2) is 0 Å². The fraction of sp³-hybridized carbons (Fsp3) is 0.500. The first-order valence-corrected chi connectivity index (χ1v) is 10.3. The van der Waals surface area contributed by atoms with E-state index in [2.05, 4.69) is 9.88 Å². The summed E-state index contributed by atoms with van der Waals surface area (Å²) in [7, 11) is 1.64. The molecule has 7 heteroatoms. The summed E-state index contributed by atoms with van der Waals surface area (Å²) in [5.74, 6) is 2.17. The van der Waals surface area contributed by atoms with Crippen LogP contribution in [0, 0.1) is 0 Å². The van der Waals surface area contributed by atoms with E-state index in [1.54, 1.807) is 20.2 Å². The second kappa shape index (κ2) is 8.78. The Kier molecular flexibility index (Phi) is 5.94. The third-order valence-corrected chi connectivity index (χ3v) is 5.93. The number of ether oxygens (including phenoxy) is 2. The summed E-state index contributed by atoms with van der Waals surface area (Å²) in [5.41, 5.74) is 0.961. The van der Waals surface area contributed by atoms with Crippen molar-refractivity contribution < 1.29 is 14.3 Å². The van der Waals surface area contributed by atoms with Gasteiger partial charge in [-0.2, -0.15) is 0 Å². The first-order valence-electron chi connectivity index (χ1n) is 10.3. The summed E-state index contributed by atoms with van der Waals surface area (Å²) in [6, 6.07) is 8.19. The van der Waals surface area contributed by atoms with Crippen LogP contribution in [0.15, 0.2) is 36.7 Å². The molecular formula is C22H28N4O3. The van der Waals surface area contributed by atoms with Gasteiger partial charge in [0.1, 0.15) is 11.5 Å². The van der Waals surface area contributed by atoms with E-state index in [9.17, 15) is 4.79 Å². The molecule has 0 N–H and O–H groups in total. The van der Waals surface area contributed by atoms with E-state index in [1.165, 1.54) is 0 Å². The molecule has 2 aliphatic rings. The van der Waals surface area contributed by atoms with Crippen LogP contribution in [-0.2, 0) is 4.79 Å². The molecule has 4 rings (SSSR count). The van der Waals surface area contributed by atoms with Crippen molar-refractivity contribution in [2.24, 2.45) is 0 Å². The van der Waals surface area contributed by atoms with Gasteiger partial charge in [-0.25, -0.2) is 4.98 Å². The average Bonchev–Trinajstić information content (AvgIpc) is 3.24. The SMILES string of the molecule is COc1ccc(Oc2cncc([C@H]3CCCN3C3CCN(C(C)=O)CC3)n2)cc1. The van der Waals surface area contributed by atoms with Crippen LogP contribution in [0.4, 0.5) is 0 Å². The number of rotatable bonds is 5. The third-order valence-electron chi connectivity index (χ3n) is 5.93. The molecule has 1 aromatic carbocycles. The van der Waals surface area contributed by atoms with Gasteiger partial charge < -0.3 is 14.4 Å². The Morgan fingerprint density at radius 1 is 1.03 bits per heavy atom. The van der Waals surface area contributed by atoms with Gasteiger partial charge in [-0.3, -0.25) is 14.7 Å². The van der Waals surface area contributed by atoms with E-state index in [4.69, 9.17) is 14.5 Å². The van der Waals surface area contributed by atoms with Crippen molar-refractivity contribution in [2.45, 2.75) is 44.7 Å². The van der Waals surface area contributed by atoms with Crippen LogP contribution in [0.2, 0.25) is 0 Å². The lowest BCUT2D eigenvalue weighted by atomic mass is 10.0. The molecule has 2 aliphatic heterocycles. The number of hydrogen-bond acceptors (Lipinski definition) is 6. The lowest BCUT2D eigenvalue weighted by Gasteiger charge is -2.39. The van der Waals surface area contributed by atoms with Gasteiger partial charge >= 0.3 is 0 Å². The van der Waals surface area contributed by atoms with Gasteiger partial charge in [0, 0.05) is 26.1 Å².